The van der Waals surface area contributed by atoms with Gasteiger partial charge in [-0.15, -0.1) is 11.3 Å². The number of methoxy groups -OCH3 is 2. The molecule has 1 atom stereocenters. The highest BCUT2D eigenvalue weighted by atomic mass is 32.1. The molecule has 7 nitrogen and oxygen atoms in total. The maximum absolute atomic E-state index is 13.8. The topological polar surface area (TPSA) is 82.5 Å². The Bertz CT molecular complexity index is 1440. The van der Waals surface area contributed by atoms with Crippen molar-refractivity contribution in [2.24, 2.45) is 0 Å². The number of hydrogen-bond donors (Lipinski definition) is 1. The van der Waals surface area contributed by atoms with Crippen LogP contribution < -0.4 is 5.32 Å². The van der Waals surface area contributed by atoms with E-state index in [2.05, 4.69) is 5.32 Å². The van der Waals surface area contributed by atoms with Crippen LogP contribution in [-0.2, 0) is 37.2 Å². The minimum atomic E-state index is -4.63. The number of benzene rings is 1. The van der Waals surface area contributed by atoms with Crippen molar-refractivity contribution >= 4 is 29.1 Å². The lowest BCUT2D eigenvalue weighted by Gasteiger charge is -2.37. The van der Waals surface area contributed by atoms with E-state index in [0.29, 0.717) is 17.9 Å². The highest BCUT2D eigenvalue weighted by molar-refractivity contribution is 7.12. The first-order valence-electron chi connectivity index (χ1n) is 11.7. The SMILES string of the molecule is CCc1nn2c(c1-c1cc(C)sc1C)NC(/C=C\C(=O)OC)(/C=C/C(=O)OC)c1cc(C(F)(F)F)ccc1-2. The highest BCUT2D eigenvalue weighted by Gasteiger charge is 2.41. The van der Waals surface area contributed by atoms with Gasteiger partial charge in [0.1, 0.15) is 11.4 Å². The summed E-state index contributed by atoms with van der Waals surface area (Å²) in [4.78, 5) is 26.4. The highest BCUT2D eigenvalue weighted by Crippen LogP contribution is 2.47. The van der Waals surface area contributed by atoms with Gasteiger partial charge < -0.3 is 14.8 Å². The molecule has 1 unspecified atom stereocenters. The summed E-state index contributed by atoms with van der Waals surface area (Å²) in [7, 11) is 2.38. The Balaban J connectivity index is 2.09. The first-order chi connectivity index (χ1) is 17.9. The van der Waals surface area contributed by atoms with Gasteiger partial charge in [0, 0.05) is 38.6 Å². The van der Waals surface area contributed by atoms with Crippen molar-refractivity contribution in [3.63, 3.8) is 0 Å². The molecule has 3 heterocycles. The number of carbonyl (C=O) groups is 2. The van der Waals surface area contributed by atoms with Gasteiger partial charge >= 0.3 is 18.1 Å². The van der Waals surface area contributed by atoms with Crippen LogP contribution in [0.5, 0.6) is 0 Å². The van der Waals surface area contributed by atoms with E-state index in [9.17, 15) is 22.8 Å². The van der Waals surface area contributed by atoms with Gasteiger partial charge in [0.05, 0.1) is 31.2 Å². The average molecular weight is 546 g/mol. The smallest absolute Gasteiger partial charge is 0.416 e. The monoisotopic (exact) mass is 545 g/mol. The zero-order valence-corrected chi connectivity index (χ0v) is 22.2. The number of anilines is 1. The Morgan fingerprint density at radius 3 is 2.24 bits per heavy atom. The molecule has 200 valence electrons. The zero-order chi connectivity index (χ0) is 27.8. The second kappa shape index (κ2) is 10.1. The van der Waals surface area contributed by atoms with E-state index in [1.807, 2.05) is 26.8 Å². The van der Waals surface area contributed by atoms with Crippen LogP contribution >= 0.6 is 11.3 Å². The van der Waals surface area contributed by atoms with Crippen molar-refractivity contribution in [2.45, 2.75) is 38.9 Å². The molecule has 0 aliphatic carbocycles. The molecule has 1 aromatic carbocycles. The molecule has 1 aliphatic rings. The molecule has 3 aromatic rings. The number of halogens is 3. The molecule has 0 saturated carbocycles. The largest absolute Gasteiger partial charge is 0.466 e. The number of hydrogen-bond acceptors (Lipinski definition) is 7. The number of ether oxygens (including phenoxy) is 2. The summed E-state index contributed by atoms with van der Waals surface area (Å²) in [6.45, 7) is 5.93. The lowest BCUT2D eigenvalue weighted by molar-refractivity contribution is -0.138. The van der Waals surface area contributed by atoms with Crippen LogP contribution in [0.4, 0.5) is 19.0 Å². The van der Waals surface area contributed by atoms with Crippen LogP contribution in [0.2, 0.25) is 0 Å². The maximum atomic E-state index is 13.8. The normalized spacial score (nSPS) is 16.8. The summed E-state index contributed by atoms with van der Waals surface area (Å²) in [6.07, 6.45) is 0.874. The number of thiophene rings is 1. The summed E-state index contributed by atoms with van der Waals surface area (Å²) < 4.78 is 52.5. The quantitative estimate of drug-likeness (QED) is 0.308. The Hall–Kier alpha value is -3.86. The lowest BCUT2D eigenvalue weighted by atomic mass is 9.84. The van der Waals surface area contributed by atoms with Crippen LogP contribution in [0.1, 0.15) is 33.5 Å². The molecule has 38 heavy (non-hydrogen) atoms. The molecule has 11 heteroatoms. The molecule has 1 N–H and O–H groups in total. The fraction of sp³-hybridized carbons (Fsp3) is 0.296. The van der Waals surface area contributed by atoms with E-state index in [4.69, 9.17) is 14.6 Å². The molecule has 1 aliphatic heterocycles. The number of fused-ring (bicyclic) bond motifs is 3. The molecule has 2 aromatic heterocycles. The van der Waals surface area contributed by atoms with Crippen LogP contribution in [0.25, 0.3) is 16.8 Å². The molecule has 0 spiro atoms. The van der Waals surface area contributed by atoms with Crippen LogP contribution in [0, 0.1) is 13.8 Å². The number of alkyl halides is 3. The zero-order valence-electron chi connectivity index (χ0n) is 21.4. The van der Waals surface area contributed by atoms with Gasteiger partial charge in [-0.05, 0) is 56.7 Å². The van der Waals surface area contributed by atoms with Crippen molar-refractivity contribution in [3.05, 3.63) is 75.1 Å². The van der Waals surface area contributed by atoms with E-state index in [1.54, 1.807) is 16.0 Å². The van der Waals surface area contributed by atoms with Crippen molar-refractivity contribution in [2.75, 3.05) is 19.5 Å². The number of nitrogens with zero attached hydrogens (tertiary/aromatic N) is 2. The minimum absolute atomic E-state index is 0.134. The number of rotatable bonds is 6. The molecule has 0 saturated heterocycles. The molecule has 0 radical (unpaired) electrons. The summed E-state index contributed by atoms with van der Waals surface area (Å²) in [5.74, 6) is -0.924. The Morgan fingerprint density at radius 1 is 1.11 bits per heavy atom. The second-order valence-electron chi connectivity index (χ2n) is 8.70. The Labute approximate surface area is 221 Å². The van der Waals surface area contributed by atoms with Gasteiger partial charge in [-0.25, -0.2) is 14.3 Å². The fourth-order valence-corrected chi connectivity index (χ4v) is 5.44. The van der Waals surface area contributed by atoms with E-state index >= 15 is 0 Å². The van der Waals surface area contributed by atoms with E-state index < -0.39 is 29.2 Å². The van der Waals surface area contributed by atoms with Crippen LogP contribution in [0.15, 0.2) is 48.6 Å². The van der Waals surface area contributed by atoms with Crippen LogP contribution in [0.3, 0.4) is 0 Å². The van der Waals surface area contributed by atoms with Gasteiger partial charge in [-0.2, -0.15) is 18.3 Å². The Morgan fingerprint density at radius 2 is 1.74 bits per heavy atom. The van der Waals surface area contributed by atoms with E-state index in [0.717, 1.165) is 50.9 Å². The number of esters is 2. The van der Waals surface area contributed by atoms with Gasteiger partial charge in [-0.1, -0.05) is 6.92 Å². The third-order valence-electron chi connectivity index (χ3n) is 6.29. The van der Waals surface area contributed by atoms with Crippen LogP contribution in [-0.4, -0.2) is 35.9 Å². The molecule has 4 rings (SSSR count). The lowest BCUT2D eigenvalue weighted by Crippen LogP contribution is -2.38. The maximum Gasteiger partial charge on any atom is 0.416 e. The van der Waals surface area contributed by atoms with Crippen molar-refractivity contribution < 1.29 is 32.2 Å². The van der Waals surface area contributed by atoms with Crippen molar-refractivity contribution in [1.82, 2.24) is 9.78 Å². The number of aromatic nitrogens is 2. The van der Waals surface area contributed by atoms with E-state index in [1.165, 1.54) is 32.4 Å². The molecular weight excluding hydrogens is 519 g/mol. The van der Waals surface area contributed by atoms with E-state index in [-0.39, 0.29) is 5.56 Å². The Kier molecular flexibility index (Phi) is 7.24. The predicted octanol–water partition coefficient (Wildman–Crippen LogP) is 5.88. The predicted molar refractivity (Wildman–Crippen MR) is 138 cm³/mol. The van der Waals surface area contributed by atoms with Gasteiger partial charge in [0.2, 0.25) is 0 Å². The van der Waals surface area contributed by atoms with Crippen molar-refractivity contribution in [1.29, 1.82) is 0 Å². The first-order valence-corrected chi connectivity index (χ1v) is 12.5. The average Bonchev–Trinajstić information content (AvgIpc) is 3.42. The summed E-state index contributed by atoms with van der Waals surface area (Å²) in [5, 5.41) is 8.07. The number of aryl methyl sites for hydroxylation is 3. The molecule has 0 fully saturated rings. The van der Waals surface area contributed by atoms with Crippen molar-refractivity contribution in [3.8, 4) is 16.8 Å². The van der Waals surface area contributed by atoms with Gasteiger partial charge in [0.25, 0.3) is 0 Å². The number of carbonyl (C=O) groups excluding carboxylic acids is 2. The second-order valence-corrected chi connectivity index (χ2v) is 10.2. The third kappa shape index (κ3) is 4.85. The number of nitrogens with one attached hydrogen (secondary N) is 1. The third-order valence-corrected chi connectivity index (χ3v) is 7.26. The first kappa shape index (κ1) is 27.2. The molecular formula is C27H26F3N3O4S. The molecule has 0 bridgehead atoms. The standard InChI is InChI=1S/C27H26F3N3O4S/c1-6-20-24(18-13-15(2)38-16(18)3)25-31-26(11-9-22(34)36-4,12-10-23(35)37-5)19-14-17(27(28,29)30)7-8-21(19)33(25)32-20/h7-14,31H,6H2,1-5H3/b11-9-,12-10+. The minimum Gasteiger partial charge on any atom is -0.466 e. The van der Waals surface area contributed by atoms with Gasteiger partial charge in [-0.3, -0.25) is 0 Å². The molecule has 0 amide bonds. The summed E-state index contributed by atoms with van der Waals surface area (Å²) in [5.41, 5.74) is 0.517. The van der Waals surface area contributed by atoms with Gasteiger partial charge in [0.15, 0.2) is 0 Å². The fourth-order valence-electron chi connectivity index (χ4n) is 4.51. The summed E-state index contributed by atoms with van der Waals surface area (Å²) >= 11 is 1.62. The summed E-state index contributed by atoms with van der Waals surface area (Å²) in [6, 6.07) is 5.36.